The smallest absolute Gasteiger partial charge is 0.320 e. The lowest BCUT2D eigenvalue weighted by Gasteiger charge is -2.27. The van der Waals surface area contributed by atoms with Crippen molar-refractivity contribution in [1.82, 2.24) is 9.80 Å². The maximum Gasteiger partial charge on any atom is 0.320 e. The van der Waals surface area contributed by atoms with Gasteiger partial charge in [-0.1, -0.05) is 0 Å². The van der Waals surface area contributed by atoms with E-state index in [4.69, 9.17) is 9.52 Å². The van der Waals surface area contributed by atoms with Crippen molar-refractivity contribution in [3.05, 3.63) is 24.2 Å². The topological polar surface area (TPSA) is 74.0 Å². The third kappa shape index (κ3) is 4.01. The van der Waals surface area contributed by atoms with Crippen LogP contribution >= 0.6 is 0 Å². The summed E-state index contributed by atoms with van der Waals surface area (Å²) in [5.74, 6) is -0.0651. The minimum Gasteiger partial charge on any atom is -0.481 e. The number of aliphatic carboxylic acids is 1. The minimum atomic E-state index is -0.833. The van der Waals surface area contributed by atoms with Crippen molar-refractivity contribution in [3.63, 3.8) is 0 Å². The fraction of sp³-hybridized carbons (Fsp3) is 0.571. The molecule has 1 heterocycles. The van der Waals surface area contributed by atoms with Gasteiger partial charge in [-0.05, 0) is 31.4 Å². The molecule has 0 saturated heterocycles. The highest BCUT2D eigenvalue weighted by atomic mass is 16.4. The fourth-order valence-corrected chi connectivity index (χ4v) is 2.09. The summed E-state index contributed by atoms with van der Waals surface area (Å²) in [6.45, 7) is 0.923. The number of carbonyl (C=O) groups is 2. The predicted molar refractivity (Wildman–Crippen MR) is 72.2 cm³/mol. The molecule has 2 amide bonds. The second kappa shape index (κ2) is 6.45. The summed E-state index contributed by atoms with van der Waals surface area (Å²) in [4.78, 5) is 26.3. The first kappa shape index (κ1) is 14.4. The Balaban J connectivity index is 1.87. The molecule has 0 aliphatic heterocycles. The lowest BCUT2D eigenvalue weighted by molar-refractivity contribution is -0.137. The van der Waals surface area contributed by atoms with Gasteiger partial charge in [0.15, 0.2) is 0 Å². The van der Waals surface area contributed by atoms with Gasteiger partial charge in [-0.15, -0.1) is 0 Å². The highest BCUT2D eigenvalue weighted by Gasteiger charge is 2.34. The summed E-state index contributed by atoms with van der Waals surface area (Å²) in [6.07, 6.45) is 4.20. The van der Waals surface area contributed by atoms with Gasteiger partial charge >= 0.3 is 12.0 Å². The number of carboxylic acids is 1. The first-order chi connectivity index (χ1) is 9.58. The van der Waals surface area contributed by atoms with E-state index in [1.165, 1.54) is 0 Å². The molecule has 0 spiro atoms. The summed E-state index contributed by atoms with van der Waals surface area (Å²) >= 11 is 0. The number of rotatable bonds is 7. The van der Waals surface area contributed by atoms with Crippen LogP contribution in [0.15, 0.2) is 22.8 Å². The Morgan fingerprint density at radius 2 is 2.20 bits per heavy atom. The zero-order valence-corrected chi connectivity index (χ0v) is 11.6. The number of amides is 2. The Kier molecular flexibility index (Phi) is 4.65. The van der Waals surface area contributed by atoms with Crippen molar-refractivity contribution in [3.8, 4) is 0 Å². The van der Waals surface area contributed by atoms with E-state index in [1.807, 2.05) is 12.1 Å². The molecule has 20 heavy (non-hydrogen) atoms. The molecule has 0 atom stereocenters. The number of carboxylic acid groups (broad SMARTS) is 1. The van der Waals surface area contributed by atoms with Gasteiger partial charge in [0.2, 0.25) is 0 Å². The summed E-state index contributed by atoms with van der Waals surface area (Å²) in [7, 11) is 1.71. The maximum absolute atomic E-state index is 12.4. The van der Waals surface area contributed by atoms with E-state index in [0.717, 1.165) is 18.6 Å². The van der Waals surface area contributed by atoms with E-state index in [-0.39, 0.29) is 18.5 Å². The first-order valence-corrected chi connectivity index (χ1v) is 6.84. The molecule has 1 aromatic heterocycles. The summed E-state index contributed by atoms with van der Waals surface area (Å²) < 4.78 is 5.29. The molecular weight excluding hydrogens is 260 g/mol. The second-order valence-corrected chi connectivity index (χ2v) is 5.14. The minimum absolute atomic E-state index is 0.0608. The molecule has 6 nitrogen and oxygen atoms in total. The zero-order valence-electron chi connectivity index (χ0n) is 11.6. The number of furan rings is 1. The molecule has 0 bridgehead atoms. The second-order valence-electron chi connectivity index (χ2n) is 5.14. The van der Waals surface area contributed by atoms with Gasteiger partial charge in [0.25, 0.3) is 0 Å². The highest BCUT2D eigenvalue weighted by Crippen LogP contribution is 2.29. The van der Waals surface area contributed by atoms with Crippen LogP contribution < -0.4 is 0 Å². The van der Waals surface area contributed by atoms with Crippen LogP contribution in [0.4, 0.5) is 4.79 Å². The first-order valence-electron chi connectivity index (χ1n) is 6.84. The van der Waals surface area contributed by atoms with Gasteiger partial charge in [-0.3, -0.25) is 4.79 Å². The molecule has 1 fully saturated rings. The van der Waals surface area contributed by atoms with Crippen LogP contribution in [-0.2, 0) is 11.3 Å². The van der Waals surface area contributed by atoms with E-state index >= 15 is 0 Å². The molecule has 110 valence electrons. The van der Waals surface area contributed by atoms with Crippen LogP contribution in [0.1, 0.15) is 31.4 Å². The van der Waals surface area contributed by atoms with Crippen LogP contribution in [0.5, 0.6) is 0 Å². The van der Waals surface area contributed by atoms with Gasteiger partial charge in [-0.2, -0.15) is 0 Å². The molecule has 0 unspecified atom stereocenters. The van der Waals surface area contributed by atoms with Gasteiger partial charge in [0.05, 0.1) is 12.8 Å². The average molecular weight is 280 g/mol. The van der Waals surface area contributed by atoms with E-state index < -0.39 is 5.97 Å². The van der Waals surface area contributed by atoms with Crippen LogP contribution in [-0.4, -0.2) is 46.5 Å². The van der Waals surface area contributed by atoms with Crippen molar-refractivity contribution >= 4 is 12.0 Å². The van der Waals surface area contributed by atoms with Gasteiger partial charge < -0.3 is 19.3 Å². The average Bonchev–Trinajstić information content (AvgIpc) is 3.11. The van der Waals surface area contributed by atoms with Crippen molar-refractivity contribution in [1.29, 1.82) is 0 Å². The van der Waals surface area contributed by atoms with Gasteiger partial charge in [-0.25, -0.2) is 4.79 Å². The number of nitrogens with zero attached hydrogens (tertiary/aromatic N) is 2. The molecule has 1 aliphatic carbocycles. The van der Waals surface area contributed by atoms with E-state index in [1.54, 1.807) is 23.1 Å². The van der Waals surface area contributed by atoms with Crippen LogP contribution in [0, 0.1) is 0 Å². The standard InChI is InChI=1S/C14H20N2O4/c1-15(8-2-5-13(17)18)14(19)16(11-6-7-11)10-12-4-3-9-20-12/h3-4,9,11H,2,5-8,10H2,1H3,(H,17,18). The number of urea groups is 1. The van der Waals surface area contributed by atoms with Crippen LogP contribution in [0.3, 0.4) is 0 Å². The van der Waals surface area contributed by atoms with E-state index in [9.17, 15) is 9.59 Å². The normalized spacial score (nSPS) is 14.1. The summed E-state index contributed by atoms with van der Waals surface area (Å²) in [6, 6.07) is 3.89. The molecular formula is C14H20N2O4. The monoisotopic (exact) mass is 280 g/mol. The Hall–Kier alpha value is -1.98. The van der Waals surface area contributed by atoms with Gasteiger partial charge in [0, 0.05) is 26.1 Å². The quantitative estimate of drug-likeness (QED) is 0.830. The third-order valence-corrected chi connectivity index (χ3v) is 3.35. The molecule has 1 aliphatic rings. The lowest BCUT2D eigenvalue weighted by Crippen LogP contribution is -2.42. The molecule has 6 heteroatoms. The fourth-order valence-electron chi connectivity index (χ4n) is 2.09. The number of hydrogen-bond acceptors (Lipinski definition) is 3. The Morgan fingerprint density at radius 3 is 2.75 bits per heavy atom. The summed E-state index contributed by atoms with van der Waals surface area (Å²) in [5, 5.41) is 8.62. The van der Waals surface area contributed by atoms with Gasteiger partial charge in [0.1, 0.15) is 5.76 Å². The SMILES string of the molecule is CN(CCCC(=O)O)C(=O)N(Cc1ccco1)C1CC1. The summed E-state index contributed by atoms with van der Waals surface area (Å²) in [5.41, 5.74) is 0. The van der Waals surface area contributed by atoms with E-state index in [0.29, 0.717) is 19.5 Å². The lowest BCUT2D eigenvalue weighted by atomic mass is 10.3. The number of hydrogen-bond donors (Lipinski definition) is 1. The van der Waals surface area contributed by atoms with Crippen molar-refractivity contribution in [2.75, 3.05) is 13.6 Å². The molecule has 2 rings (SSSR count). The molecule has 0 aromatic carbocycles. The Labute approximate surface area is 118 Å². The Bertz CT molecular complexity index is 454. The zero-order chi connectivity index (χ0) is 14.5. The molecule has 1 N–H and O–H groups in total. The molecule has 0 radical (unpaired) electrons. The number of carbonyl (C=O) groups excluding carboxylic acids is 1. The third-order valence-electron chi connectivity index (χ3n) is 3.35. The molecule has 1 saturated carbocycles. The molecule has 1 aromatic rings. The van der Waals surface area contributed by atoms with Crippen molar-refractivity contribution in [2.45, 2.75) is 38.3 Å². The van der Waals surface area contributed by atoms with E-state index in [2.05, 4.69) is 0 Å². The van der Waals surface area contributed by atoms with Crippen LogP contribution in [0.2, 0.25) is 0 Å². The van der Waals surface area contributed by atoms with Crippen LogP contribution in [0.25, 0.3) is 0 Å². The predicted octanol–water partition coefficient (Wildman–Crippen LogP) is 2.16. The maximum atomic E-state index is 12.4. The Morgan fingerprint density at radius 1 is 1.45 bits per heavy atom. The largest absolute Gasteiger partial charge is 0.481 e. The highest BCUT2D eigenvalue weighted by molar-refractivity contribution is 5.75. The van der Waals surface area contributed by atoms with Crippen molar-refractivity contribution < 1.29 is 19.1 Å². The van der Waals surface area contributed by atoms with Crippen molar-refractivity contribution in [2.24, 2.45) is 0 Å².